The van der Waals surface area contributed by atoms with E-state index in [-0.39, 0.29) is 11.7 Å². The lowest BCUT2D eigenvalue weighted by Crippen LogP contribution is -2.48. The Morgan fingerprint density at radius 1 is 1.33 bits per heavy atom. The highest BCUT2D eigenvalue weighted by molar-refractivity contribution is 5.79. The number of likely N-dealkylation sites (tertiary alicyclic amines) is 1. The molecule has 4 nitrogen and oxygen atoms in total. The Morgan fingerprint density at radius 3 is 2.58 bits per heavy atom. The summed E-state index contributed by atoms with van der Waals surface area (Å²) in [4.78, 5) is 16.5. The van der Waals surface area contributed by atoms with E-state index >= 15 is 0 Å². The number of rotatable bonds is 4. The van der Waals surface area contributed by atoms with E-state index in [0.717, 1.165) is 38.8 Å². The lowest BCUT2D eigenvalue weighted by atomic mass is 9.84. The van der Waals surface area contributed by atoms with Gasteiger partial charge < -0.3 is 4.90 Å². The standard InChI is InChI=1S/C19H24FN3O/c1-22(19(24)15-3-2-4-15)17-7-9-23(10-8-17)13-16-6-5-14(12-21)11-18(16)20/h5-6,11,15,17H,2-4,7-10,13H2,1H3. The van der Waals surface area contributed by atoms with Gasteiger partial charge in [-0.05, 0) is 37.8 Å². The summed E-state index contributed by atoms with van der Waals surface area (Å²) in [7, 11) is 1.93. The topological polar surface area (TPSA) is 47.3 Å². The third kappa shape index (κ3) is 3.59. The Balaban J connectivity index is 1.52. The molecule has 0 bridgehead atoms. The van der Waals surface area contributed by atoms with Crippen LogP contribution in [0.3, 0.4) is 0 Å². The zero-order valence-corrected chi connectivity index (χ0v) is 14.2. The average molecular weight is 329 g/mol. The van der Waals surface area contributed by atoms with Gasteiger partial charge in [-0.2, -0.15) is 5.26 Å². The quantitative estimate of drug-likeness (QED) is 0.853. The van der Waals surface area contributed by atoms with E-state index in [2.05, 4.69) is 4.90 Å². The van der Waals surface area contributed by atoms with Gasteiger partial charge in [-0.3, -0.25) is 9.69 Å². The van der Waals surface area contributed by atoms with Gasteiger partial charge in [0.1, 0.15) is 5.82 Å². The number of benzene rings is 1. The Bertz CT molecular complexity index is 643. The van der Waals surface area contributed by atoms with Gasteiger partial charge in [-0.1, -0.05) is 12.5 Å². The van der Waals surface area contributed by atoms with Gasteiger partial charge in [0.25, 0.3) is 0 Å². The van der Waals surface area contributed by atoms with Gasteiger partial charge in [0, 0.05) is 44.2 Å². The van der Waals surface area contributed by atoms with Crippen LogP contribution in [0.25, 0.3) is 0 Å². The number of hydrogen-bond donors (Lipinski definition) is 0. The van der Waals surface area contributed by atoms with Crippen LogP contribution >= 0.6 is 0 Å². The number of nitrogens with zero attached hydrogens (tertiary/aromatic N) is 3. The normalized spacial score (nSPS) is 19.5. The summed E-state index contributed by atoms with van der Waals surface area (Å²) < 4.78 is 14.0. The second kappa shape index (κ2) is 7.31. The molecule has 0 radical (unpaired) electrons. The fourth-order valence-electron chi connectivity index (χ4n) is 3.57. The minimum atomic E-state index is -0.312. The predicted octanol–water partition coefficient (Wildman–Crippen LogP) is 2.92. The zero-order chi connectivity index (χ0) is 17.1. The van der Waals surface area contributed by atoms with E-state index in [1.807, 2.05) is 18.0 Å². The predicted molar refractivity (Wildman–Crippen MR) is 89.5 cm³/mol. The number of halogens is 1. The maximum absolute atomic E-state index is 14.0. The van der Waals surface area contributed by atoms with Gasteiger partial charge in [-0.25, -0.2) is 4.39 Å². The lowest BCUT2D eigenvalue weighted by Gasteiger charge is -2.39. The van der Waals surface area contributed by atoms with Crippen LogP contribution < -0.4 is 0 Å². The van der Waals surface area contributed by atoms with Crippen LogP contribution in [0.4, 0.5) is 4.39 Å². The van der Waals surface area contributed by atoms with E-state index in [1.165, 1.54) is 12.5 Å². The number of nitriles is 1. The molecular weight excluding hydrogens is 305 g/mol. The molecule has 1 aliphatic carbocycles. The van der Waals surface area contributed by atoms with Gasteiger partial charge in [0.15, 0.2) is 0 Å². The highest BCUT2D eigenvalue weighted by Crippen LogP contribution is 2.29. The van der Waals surface area contributed by atoms with Crippen LogP contribution in [0, 0.1) is 23.1 Å². The molecule has 0 aromatic heterocycles. The van der Waals surface area contributed by atoms with Crippen LogP contribution in [0.1, 0.15) is 43.2 Å². The SMILES string of the molecule is CN(C(=O)C1CCC1)C1CCN(Cc2ccc(C#N)cc2F)CC1. The third-order valence-corrected chi connectivity index (χ3v) is 5.48. The van der Waals surface area contributed by atoms with E-state index in [0.29, 0.717) is 29.6 Å². The van der Waals surface area contributed by atoms with Crippen molar-refractivity contribution in [2.75, 3.05) is 20.1 Å². The monoisotopic (exact) mass is 329 g/mol. The maximum Gasteiger partial charge on any atom is 0.225 e. The third-order valence-electron chi connectivity index (χ3n) is 5.48. The largest absolute Gasteiger partial charge is 0.342 e. The molecule has 1 heterocycles. The van der Waals surface area contributed by atoms with Crippen molar-refractivity contribution in [3.63, 3.8) is 0 Å². The smallest absolute Gasteiger partial charge is 0.225 e. The fourth-order valence-corrected chi connectivity index (χ4v) is 3.57. The first-order valence-corrected chi connectivity index (χ1v) is 8.76. The maximum atomic E-state index is 14.0. The van der Waals surface area contributed by atoms with Gasteiger partial charge >= 0.3 is 0 Å². The van der Waals surface area contributed by atoms with E-state index in [9.17, 15) is 9.18 Å². The molecule has 1 amide bonds. The fraction of sp³-hybridized carbons (Fsp3) is 0.579. The summed E-state index contributed by atoms with van der Waals surface area (Å²) in [5, 5.41) is 8.80. The van der Waals surface area contributed by atoms with Crippen LogP contribution in [0.5, 0.6) is 0 Å². The molecule has 1 aromatic rings. The first-order valence-electron chi connectivity index (χ1n) is 8.76. The van der Waals surface area contributed by atoms with Crippen molar-refractivity contribution in [1.29, 1.82) is 5.26 Å². The summed E-state index contributed by atoms with van der Waals surface area (Å²) in [6.07, 6.45) is 5.14. The lowest BCUT2D eigenvalue weighted by molar-refractivity contribution is -0.139. The Kier molecular flexibility index (Phi) is 5.15. The molecule has 0 atom stereocenters. The van der Waals surface area contributed by atoms with Crippen LogP contribution in [-0.4, -0.2) is 41.9 Å². The zero-order valence-electron chi connectivity index (χ0n) is 14.2. The van der Waals surface area contributed by atoms with Gasteiger partial charge in [0.05, 0.1) is 11.6 Å². The highest BCUT2D eigenvalue weighted by Gasteiger charge is 2.32. The molecule has 5 heteroatoms. The molecule has 1 aliphatic heterocycles. The number of amides is 1. The van der Waals surface area contributed by atoms with Crippen molar-refractivity contribution in [2.24, 2.45) is 5.92 Å². The molecule has 0 N–H and O–H groups in total. The summed E-state index contributed by atoms with van der Waals surface area (Å²) in [5.41, 5.74) is 0.984. The number of carbonyl (C=O) groups excluding carboxylic acids is 1. The van der Waals surface area contributed by atoms with Gasteiger partial charge in [-0.15, -0.1) is 0 Å². The molecule has 0 unspecified atom stereocenters. The molecule has 1 saturated heterocycles. The Labute approximate surface area is 142 Å². The highest BCUT2D eigenvalue weighted by atomic mass is 19.1. The van der Waals surface area contributed by atoms with Crippen LogP contribution in [0.2, 0.25) is 0 Å². The van der Waals surface area contributed by atoms with Crippen molar-refractivity contribution in [3.05, 3.63) is 35.1 Å². The Morgan fingerprint density at radius 2 is 2.04 bits per heavy atom. The van der Waals surface area contributed by atoms with Crippen LogP contribution in [-0.2, 0) is 11.3 Å². The van der Waals surface area contributed by atoms with E-state index in [4.69, 9.17) is 5.26 Å². The van der Waals surface area contributed by atoms with Crippen molar-refractivity contribution in [1.82, 2.24) is 9.80 Å². The molecule has 24 heavy (non-hydrogen) atoms. The average Bonchev–Trinajstić information content (AvgIpc) is 2.55. The van der Waals surface area contributed by atoms with E-state index < -0.39 is 0 Å². The molecule has 128 valence electrons. The molecular formula is C19H24FN3O. The Hall–Kier alpha value is -1.93. The van der Waals surface area contributed by atoms with Crippen molar-refractivity contribution in [3.8, 4) is 6.07 Å². The van der Waals surface area contributed by atoms with Crippen molar-refractivity contribution < 1.29 is 9.18 Å². The minimum absolute atomic E-state index is 0.251. The summed E-state index contributed by atoms with van der Waals surface area (Å²) >= 11 is 0. The molecule has 2 fully saturated rings. The molecule has 2 aliphatic rings. The van der Waals surface area contributed by atoms with Crippen molar-refractivity contribution in [2.45, 2.75) is 44.7 Å². The van der Waals surface area contributed by atoms with E-state index in [1.54, 1.807) is 12.1 Å². The van der Waals surface area contributed by atoms with Crippen LogP contribution in [0.15, 0.2) is 18.2 Å². The second-order valence-corrected chi connectivity index (χ2v) is 7.00. The summed E-state index contributed by atoms with van der Waals surface area (Å²) in [6.45, 7) is 2.29. The number of piperidine rings is 1. The minimum Gasteiger partial charge on any atom is -0.342 e. The molecule has 1 aromatic carbocycles. The first-order chi connectivity index (χ1) is 11.6. The second-order valence-electron chi connectivity index (χ2n) is 7.00. The molecule has 1 saturated carbocycles. The van der Waals surface area contributed by atoms with Gasteiger partial charge in [0.2, 0.25) is 5.91 Å². The molecule has 3 rings (SSSR count). The number of carbonyl (C=O) groups is 1. The van der Waals surface area contributed by atoms with Crippen molar-refractivity contribution >= 4 is 5.91 Å². The number of hydrogen-bond acceptors (Lipinski definition) is 3. The first kappa shape index (κ1) is 16.9. The summed E-state index contributed by atoms with van der Waals surface area (Å²) in [6, 6.07) is 6.92. The summed E-state index contributed by atoms with van der Waals surface area (Å²) in [5.74, 6) is 0.243. The molecule has 0 spiro atoms.